The van der Waals surface area contributed by atoms with Crippen molar-refractivity contribution in [2.45, 2.75) is 38.8 Å². The fourth-order valence-corrected chi connectivity index (χ4v) is 1.72. The lowest BCUT2D eigenvalue weighted by molar-refractivity contribution is -0.0534. The van der Waals surface area contributed by atoms with Crippen LogP contribution in [0.25, 0.3) is 0 Å². The highest BCUT2D eigenvalue weighted by molar-refractivity contribution is 7.80. The van der Waals surface area contributed by atoms with Crippen LogP contribution in [-0.4, -0.2) is 29.5 Å². The van der Waals surface area contributed by atoms with E-state index in [2.05, 4.69) is 10.8 Å². The lowest BCUT2D eigenvalue weighted by Gasteiger charge is -2.22. The van der Waals surface area contributed by atoms with Gasteiger partial charge in [0.15, 0.2) is 0 Å². The Hall–Kier alpha value is -1.86. The molecule has 6 nitrogen and oxygen atoms in total. The van der Waals surface area contributed by atoms with Gasteiger partial charge in [0.05, 0.1) is 11.6 Å². The van der Waals surface area contributed by atoms with Crippen molar-refractivity contribution in [3.05, 3.63) is 35.9 Å². The first-order valence-electron chi connectivity index (χ1n) is 6.97. The molecule has 22 heavy (non-hydrogen) atoms. The van der Waals surface area contributed by atoms with Crippen LogP contribution in [0.2, 0.25) is 0 Å². The van der Waals surface area contributed by atoms with Crippen LogP contribution in [0.1, 0.15) is 26.3 Å². The minimum atomic E-state index is -0.471. The average molecular weight is 325 g/mol. The van der Waals surface area contributed by atoms with Gasteiger partial charge in [0.1, 0.15) is 6.61 Å². The van der Waals surface area contributed by atoms with E-state index in [1.54, 1.807) is 0 Å². The zero-order valence-corrected chi connectivity index (χ0v) is 13.9. The van der Waals surface area contributed by atoms with Crippen molar-refractivity contribution in [2.24, 2.45) is 5.73 Å². The number of rotatable bonds is 6. The maximum atomic E-state index is 11.9. The molecule has 0 aliphatic rings. The van der Waals surface area contributed by atoms with Crippen molar-refractivity contribution >= 4 is 23.4 Å². The molecular formula is C15H23N3O3S. The Morgan fingerprint density at radius 2 is 1.95 bits per heavy atom. The first kappa shape index (κ1) is 18.2. The molecule has 0 bridgehead atoms. The summed E-state index contributed by atoms with van der Waals surface area (Å²) in [5.74, 6) is 0. The highest BCUT2D eigenvalue weighted by Gasteiger charge is 2.17. The van der Waals surface area contributed by atoms with Gasteiger partial charge in [-0.05, 0) is 45.0 Å². The molecule has 0 fully saturated rings. The van der Waals surface area contributed by atoms with E-state index in [1.165, 1.54) is 0 Å². The summed E-state index contributed by atoms with van der Waals surface area (Å²) in [6, 6.07) is 9.02. The molecule has 0 aromatic heterocycles. The first-order valence-corrected chi connectivity index (χ1v) is 7.38. The minimum absolute atomic E-state index is 0.0498. The minimum Gasteiger partial charge on any atom is -0.469 e. The van der Waals surface area contributed by atoms with Gasteiger partial charge in [-0.25, -0.2) is 10.3 Å². The summed E-state index contributed by atoms with van der Waals surface area (Å²) in [5, 5.41) is 2.73. The predicted molar refractivity (Wildman–Crippen MR) is 89.2 cm³/mol. The van der Waals surface area contributed by atoms with Gasteiger partial charge in [-0.1, -0.05) is 30.3 Å². The molecule has 0 radical (unpaired) electrons. The quantitative estimate of drug-likeness (QED) is 0.549. The monoisotopic (exact) mass is 325 g/mol. The molecule has 1 rings (SSSR count). The van der Waals surface area contributed by atoms with Gasteiger partial charge < -0.3 is 15.8 Å². The number of nitrogens with one attached hydrogen (secondary N) is 2. The highest BCUT2D eigenvalue weighted by Crippen LogP contribution is 2.05. The van der Waals surface area contributed by atoms with Crippen molar-refractivity contribution in [3.63, 3.8) is 0 Å². The molecule has 122 valence electrons. The molecular weight excluding hydrogens is 302 g/mol. The normalized spacial score (nSPS) is 12.3. The second kappa shape index (κ2) is 8.55. The maximum absolute atomic E-state index is 11.9. The van der Waals surface area contributed by atoms with Gasteiger partial charge in [-0.15, -0.1) is 0 Å². The van der Waals surface area contributed by atoms with Gasteiger partial charge >= 0.3 is 6.03 Å². The molecule has 0 unspecified atom stereocenters. The van der Waals surface area contributed by atoms with Crippen molar-refractivity contribution in [2.75, 3.05) is 6.61 Å². The molecule has 1 aromatic carbocycles. The number of carbonyl (C=O) groups excluding carboxylic acids is 1. The largest absolute Gasteiger partial charge is 0.469 e. The predicted octanol–water partition coefficient (Wildman–Crippen LogP) is 1.89. The number of carbonyl (C=O) groups is 1. The zero-order chi connectivity index (χ0) is 16.6. The molecule has 2 amide bonds. The second-order valence-electron chi connectivity index (χ2n) is 5.81. The molecule has 0 aliphatic carbocycles. The Morgan fingerprint density at radius 1 is 1.32 bits per heavy atom. The smallest absolute Gasteiger partial charge is 0.339 e. The summed E-state index contributed by atoms with van der Waals surface area (Å²) in [5.41, 5.74) is 8.29. The Kier molecular flexibility index (Phi) is 7.07. The number of benzene rings is 1. The summed E-state index contributed by atoms with van der Waals surface area (Å²) in [4.78, 5) is 17.1. The third-order valence-electron chi connectivity index (χ3n) is 2.54. The Bertz CT molecular complexity index is 489. The van der Waals surface area contributed by atoms with Crippen LogP contribution in [0.3, 0.4) is 0 Å². The Labute approximate surface area is 136 Å². The molecule has 0 spiro atoms. The van der Waals surface area contributed by atoms with Crippen LogP contribution < -0.4 is 16.5 Å². The number of hydrogen-bond acceptors (Lipinski definition) is 4. The molecule has 7 heteroatoms. The van der Waals surface area contributed by atoms with Gasteiger partial charge in [-0.3, -0.25) is 4.84 Å². The summed E-state index contributed by atoms with van der Waals surface area (Å²) < 4.78 is 5.15. The number of hydrogen-bond donors (Lipinski definition) is 3. The number of nitrogens with two attached hydrogens (primary N) is 1. The lowest BCUT2D eigenvalue weighted by Crippen LogP contribution is -2.47. The molecule has 0 saturated carbocycles. The zero-order valence-electron chi connectivity index (χ0n) is 13.1. The lowest BCUT2D eigenvalue weighted by atomic mass is 10.1. The number of thiocarbonyl (C=S) groups is 1. The Balaban J connectivity index is 2.57. The molecule has 0 saturated heterocycles. The van der Waals surface area contributed by atoms with E-state index in [9.17, 15) is 4.79 Å². The van der Waals surface area contributed by atoms with Crippen molar-refractivity contribution < 1.29 is 14.4 Å². The Morgan fingerprint density at radius 3 is 2.50 bits per heavy atom. The third-order valence-corrected chi connectivity index (χ3v) is 2.65. The highest BCUT2D eigenvalue weighted by atomic mass is 32.1. The van der Waals surface area contributed by atoms with E-state index in [4.69, 9.17) is 27.5 Å². The van der Waals surface area contributed by atoms with E-state index in [0.717, 1.165) is 5.56 Å². The van der Waals surface area contributed by atoms with E-state index in [-0.39, 0.29) is 17.8 Å². The number of urea groups is 1. The number of ether oxygens (including phenoxy) is 1. The van der Waals surface area contributed by atoms with Crippen LogP contribution in [0.4, 0.5) is 4.79 Å². The molecule has 4 N–H and O–H groups in total. The van der Waals surface area contributed by atoms with Gasteiger partial charge in [-0.2, -0.15) is 0 Å². The van der Waals surface area contributed by atoms with Crippen LogP contribution >= 0.6 is 12.2 Å². The van der Waals surface area contributed by atoms with Crippen LogP contribution in [0, 0.1) is 0 Å². The standard InChI is InChI=1S/C15H23N3O3S/c1-15(2,3)21-18-14(19)17-12(10-20-13(16)22)9-11-7-5-4-6-8-11/h4-8,12H,9-10H2,1-3H3,(H2,16,22)(H2,17,18,19)/t12-/m1/s1. The summed E-state index contributed by atoms with van der Waals surface area (Å²) in [7, 11) is 0. The summed E-state index contributed by atoms with van der Waals surface area (Å²) in [6.45, 7) is 5.70. The van der Waals surface area contributed by atoms with Gasteiger partial charge in [0, 0.05) is 0 Å². The van der Waals surface area contributed by atoms with Crippen molar-refractivity contribution in [3.8, 4) is 0 Å². The second-order valence-corrected chi connectivity index (χ2v) is 6.21. The number of hydroxylamine groups is 1. The van der Waals surface area contributed by atoms with Crippen LogP contribution in [-0.2, 0) is 16.0 Å². The summed E-state index contributed by atoms with van der Waals surface area (Å²) >= 11 is 4.69. The maximum Gasteiger partial charge on any atom is 0.339 e. The van der Waals surface area contributed by atoms with E-state index >= 15 is 0 Å². The van der Waals surface area contributed by atoms with Crippen LogP contribution in [0.15, 0.2) is 30.3 Å². The van der Waals surface area contributed by atoms with E-state index < -0.39 is 11.6 Å². The van der Waals surface area contributed by atoms with Gasteiger partial charge in [0.2, 0.25) is 0 Å². The van der Waals surface area contributed by atoms with Crippen LogP contribution in [0.5, 0.6) is 0 Å². The van der Waals surface area contributed by atoms with E-state index in [0.29, 0.717) is 6.42 Å². The van der Waals surface area contributed by atoms with E-state index in [1.807, 2.05) is 51.1 Å². The topological polar surface area (TPSA) is 85.6 Å². The molecule has 0 heterocycles. The first-order chi connectivity index (χ1) is 10.3. The SMILES string of the molecule is CC(C)(C)ONC(=O)N[C@@H](COC(N)=S)Cc1ccccc1. The fraction of sp³-hybridized carbons (Fsp3) is 0.467. The average Bonchev–Trinajstić information content (AvgIpc) is 2.43. The molecule has 1 aromatic rings. The van der Waals surface area contributed by atoms with Crippen molar-refractivity contribution in [1.82, 2.24) is 10.8 Å². The van der Waals surface area contributed by atoms with Crippen molar-refractivity contribution in [1.29, 1.82) is 0 Å². The fourth-order valence-electron chi connectivity index (χ4n) is 1.65. The molecule has 1 atom stereocenters. The van der Waals surface area contributed by atoms with Gasteiger partial charge in [0.25, 0.3) is 5.17 Å². The summed E-state index contributed by atoms with van der Waals surface area (Å²) in [6.07, 6.45) is 0.590. The molecule has 0 aliphatic heterocycles. The third kappa shape index (κ3) is 8.43. The number of amides is 2.